The SMILES string of the molecule is Cc1ccccc1C(C)NCC(O)COc1ccccc1. The maximum Gasteiger partial charge on any atom is 0.119 e. The van der Waals surface area contributed by atoms with Gasteiger partial charge in [0.1, 0.15) is 18.5 Å². The molecule has 21 heavy (non-hydrogen) atoms. The number of ether oxygens (including phenoxy) is 1. The molecule has 0 aliphatic rings. The van der Waals surface area contributed by atoms with Gasteiger partial charge < -0.3 is 15.2 Å². The van der Waals surface area contributed by atoms with Crippen molar-refractivity contribution in [3.8, 4) is 5.75 Å². The fourth-order valence-electron chi connectivity index (χ4n) is 2.26. The van der Waals surface area contributed by atoms with Crippen molar-refractivity contribution < 1.29 is 9.84 Å². The zero-order valence-electron chi connectivity index (χ0n) is 12.6. The van der Waals surface area contributed by atoms with Crippen LogP contribution in [0.1, 0.15) is 24.1 Å². The van der Waals surface area contributed by atoms with Crippen LogP contribution in [0.4, 0.5) is 0 Å². The first-order valence-electron chi connectivity index (χ1n) is 7.31. The van der Waals surface area contributed by atoms with Crippen LogP contribution >= 0.6 is 0 Å². The summed E-state index contributed by atoms with van der Waals surface area (Å²) in [6, 6.07) is 18.0. The van der Waals surface area contributed by atoms with Gasteiger partial charge in [0.05, 0.1) is 0 Å². The van der Waals surface area contributed by atoms with Crippen LogP contribution in [0.2, 0.25) is 0 Å². The van der Waals surface area contributed by atoms with Gasteiger partial charge in [0.2, 0.25) is 0 Å². The highest BCUT2D eigenvalue weighted by Crippen LogP contribution is 2.16. The Morgan fingerprint density at radius 2 is 1.71 bits per heavy atom. The number of aryl methyl sites for hydroxylation is 1. The van der Waals surface area contributed by atoms with Crippen molar-refractivity contribution in [2.75, 3.05) is 13.2 Å². The van der Waals surface area contributed by atoms with Gasteiger partial charge in [-0.2, -0.15) is 0 Å². The number of hydrogen-bond acceptors (Lipinski definition) is 3. The number of benzene rings is 2. The maximum absolute atomic E-state index is 9.99. The first-order chi connectivity index (χ1) is 10.2. The lowest BCUT2D eigenvalue weighted by atomic mass is 10.0. The lowest BCUT2D eigenvalue weighted by Crippen LogP contribution is -2.33. The Labute approximate surface area is 126 Å². The van der Waals surface area contributed by atoms with Crippen molar-refractivity contribution in [1.82, 2.24) is 5.32 Å². The molecule has 3 nitrogen and oxygen atoms in total. The summed E-state index contributed by atoms with van der Waals surface area (Å²) in [5.74, 6) is 0.781. The van der Waals surface area contributed by atoms with E-state index in [-0.39, 0.29) is 12.6 Å². The summed E-state index contributed by atoms with van der Waals surface area (Å²) >= 11 is 0. The second-order valence-electron chi connectivity index (χ2n) is 5.26. The minimum absolute atomic E-state index is 0.206. The molecule has 0 aliphatic carbocycles. The fourth-order valence-corrected chi connectivity index (χ4v) is 2.26. The van der Waals surface area contributed by atoms with Crippen LogP contribution < -0.4 is 10.1 Å². The first-order valence-corrected chi connectivity index (χ1v) is 7.31. The number of aliphatic hydroxyl groups is 1. The Morgan fingerprint density at radius 3 is 2.43 bits per heavy atom. The number of rotatable bonds is 7. The number of aliphatic hydroxyl groups excluding tert-OH is 1. The number of nitrogens with one attached hydrogen (secondary N) is 1. The Kier molecular flexibility index (Phi) is 5.78. The van der Waals surface area contributed by atoms with Gasteiger partial charge in [0.15, 0.2) is 0 Å². The molecular formula is C18H23NO2. The van der Waals surface area contributed by atoms with Crippen LogP contribution in [0.25, 0.3) is 0 Å². The van der Waals surface area contributed by atoms with Crippen LogP contribution in [-0.4, -0.2) is 24.4 Å². The average molecular weight is 285 g/mol. The van der Waals surface area contributed by atoms with Crippen LogP contribution in [-0.2, 0) is 0 Å². The molecule has 0 saturated carbocycles. The standard InChI is InChI=1S/C18H23NO2/c1-14-8-6-7-11-18(14)15(2)19-12-16(20)13-21-17-9-4-3-5-10-17/h3-11,15-16,19-20H,12-13H2,1-2H3. The molecule has 2 aromatic rings. The highest BCUT2D eigenvalue weighted by atomic mass is 16.5. The van der Waals surface area contributed by atoms with Crippen LogP contribution in [0.3, 0.4) is 0 Å². The largest absolute Gasteiger partial charge is 0.491 e. The molecule has 0 spiro atoms. The van der Waals surface area contributed by atoms with Gasteiger partial charge in [-0.05, 0) is 37.1 Å². The van der Waals surface area contributed by atoms with Crippen molar-refractivity contribution >= 4 is 0 Å². The molecule has 0 aliphatic heterocycles. The highest BCUT2D eigenvalue weighted by Gasteiger charge is 2.10. The van der Waals surface area contributed by atoms with Gasteiger partial charge in [0, 0.05) is 12.6 Å². The molecule has 0 heterocycles. The van der Waals surface area contributed by atoms with E-state index in [0.29, 0.717) is 6.54 Å². The smallest absolute Gasteiger partial charge is 0.119 e. The lowest BCUT2D eigenvalue weighted by molar-refractivity contribution is 0.104. The lowest BCUT2D eigenvalue weighted by Gasteiger charge is -2.19. The minimum Gasteiger partial charge on any atom is -0.491 e. The molecule has 0 saturated heterocycles. The van der Waals surface area contributed by atoms with Gasteiger partial charge in [-0.1, -0.05) is 42.5 Å². The second kappa shape index (κ2) is 7.81. The molecule has 2 rings (SSSR count). The highest BCUT2D eigenvalue weighted by molar-refractivity contribution is 5.28. The summed E-state index contributed by atoms with van der Waals surface area (Å²) in [6.07, 6.45) is -0.531. The molecule has 2 unspecified atom stereocenters. The molecule has 2 N–H and O–H groups in total. The Bertz CT molecular complexity index is 542. The summed E-state index contributed by atoms with van der Waals surface area (Å²) in [5.41, 5.74) is 2.52. The average Bonchev–Trinajstić information content (AvgIpc) is 2.52. The van der Waals surface area contributed by atoms with E-state index in [9.17, 15) is 5.11 Å². The summed E-state index contributed by atoms with van der Waals surface area (Å²) in [6.45, 7) is 5.00. The van der Waals surface area contributed by atoms with E-state index in [1.54, 1.807) is 0 Å². The predicted octanol–water partition coefficient (Wildman–Crippen LogP) is 3.09. The number of hydrogen-bond donors (Lipinski definition) is 2. The molecule has 0 fully saturated rings. The second-order valence-corrected chi connectivity index (χ2v) is 5.26. The van der Waals surface area contributed by atoms with E-state index < -0.39 is 6.10 Å². The van der Waals surface area contributed by atoms with Crippen LogP contribution in [0.15, 0.2) is 54.6 Å². The normalized spacial score (nSPS) is 13.7. The third-order valence-electron chi connectivity index (χ3n) is 3.50. The van der Waals surface area contributed by atoms with Gasteiger partial charge in [-0.25, -0.2) is 0 Å². The Hall–Kier alpha value is -1.84. The molecule has 2 atom stereocenters. The van der Waals surface area contributed by atoms with E-state index in [2.05, 4.69) is 31.3 Å². The third kappa shape index (κ3) is 4.88. The zero-order valence-corrected chi connectivity index (χ0v) is 12.6. The third-order valence-corrected chi connectivity index (χ3v) is 3.50. The molecule has 3 heteroatoms. The summed E-state index contributed by atoms with van der Waals surface area (Å²) in [5, 5.41) is 13.3. The first kappa shape index (κ1) is 15.5. The van der Waals surface area contributed by atoms with Gasteiger partial charge >= 0.3 is 0 Å². The van der Waals surface area contributed by atoms with Gasteiger partial charge in [-0.3, -0.25) is 0 Å². The van der Waals surface area contributed by atoms with Crippen molar-refractivity contribution in [2.24, 2.45) is 0 Å². The van der Waals surface area contributed by atoms with E-state index in [0.717, 1.165) is 5.75 Å². The Balaban J connectivity index is 1.76. The molecule has 0 radical (unpaired) electrons. The minimum atomic E-state index is -0.531. The molecule has 0 aromatic heterocycles. The zero-order chi connectivity index (χ0) is 15.1. The van der Waals surface area contributed by atoms with Crippen LogP contribution in [0.5, 0.6) is 5.75 Å². The van der Waals surface area contributed by atoms with Crippen molar-refractivity contribution in [3.05, 3.63) is 65.7 Å². The van der Waals surface area contributed by atoms with Crippen molar-refractivity contribution in [3.63, 3.8) is 0 Å². The summed E-state index contributed by atoms with van der Waals surface area (Å²) in [4.78, 5) is 0. The van der Waals surface area contributed by atoms with E-state index in [1.807, 2.05) is 42.5 Å². The maximum atomic E-state index is 9.99. The predicted molar refractivity (Wildman–Crippen MR) is 85.5 cm³/mol. The summed E-state index contributed by atoms with van der Waals surface area (Å²) < 4.78 is 5.54. The molecule has 0 bridgehead atoms. The number of para-hydroxylation sites is 1. The molecule has 2 aromatic carbocycles. The van der Waals surface area contributed by atoms with E-state index >= 15 is 0 Å². The van der Waals surface area contributed by atoms with E-state index in [4.69, 9.17) is 4.74 Å². The monoisotopic (exact) mass is 285 g/mol. The topological polar surface area (TPSA) is 41.5 Å². The van der Waals surface area contributed by atoms with Gasteiger partial charge in [-0.15, -0.1) is 0 Å². The van der Waals surface area contributed by atoms with Gasteiger partial charge in [0.25, 0.3) is 0 Å². The quantitative estimate of drug-likeness (QED) is 0.821. The molecular weight excluding hydrogens is 262 g/mol. The fraction of sp³-hybridized carbons (Fsp3) is 0.333. The van der Waals surface area contributed by atoms with Crippen molar-refractivity contribution in [2.45, 2.75) is 26.0 Å². The molecule has 112 valence electrons. The Morgan fingerprint density at radius 1 is 1.05 bits per heavy atom. The molecule has 0 amide bonds. The van der Waals surface area contributed by atoms with Crippen LogP contribution in [0, 0.1) is 6.92 Å². The van der Waals surface area contributed by atoms with E-state index in [1.165, 1.54) is 11.1 Å². The van der Waals surface area contributed by atoms with Crippen molar-refractivity contribution in [1.29, 1.82) is 0 Å². The summed E-state index contributed by atoms with van der Waals surface area (Å²) in [7, 11) is 0.